The molecule has 0 unspecified atom stereocenters. The average molecular weight is 345 g/mol. The number of benzene rings is 1. The van der Waals surface area contributed by atoms with E-state index in [2.05, 4.69) is 9.84 Å². The summed E-state index contributed by atoms with van der Waals surface area (Å²) in [5.74, 6) is 0.0806. The monoisotopic (exact) mass is 345 g/mol. The van der Waals surface area contributed by atoms with E-state index in [-0.39, 0.29) is 17.9 Å². The Morgan fingerprint density at radius 2 is 2.04 bits per heavy atom. The first kappa shape index (κ1) is 18.1. The van der Waals surface area contributed by atoms with Crippen molar-refractivity contribution in [3.05, 3.63) is 30.6 Å². The minimum Gasteiger partial charge on any atom is -0.491 e. The van der Waals surface area contributed by atoms with E-state index in [9.17, 15) is 13.2 Å². The molecule has 0 radical (unpaired) electrons. The van der Waals surface area contributed by atoms with E-state index in [1.165, 1.54) is 31.5 Å². The van der Waals surface area contributed by atoms with Gasteiger partial charge in [0.2, 0.25) is 0 Å². The molecule has 24 heavy (non-hydrogen) atoms. The van der Waals surface area contributed by atoms with Crippen molar-refractivity contribution in [1.29, 1.82) is 0 Å². The number of halogens is 3. The molecular formula is C15H18F3N3O3. The summed E-state index contributed by atoms with van der Waals surface area (Å²) in [6.07, 6.45) is -1.74. The van der Waals surface area contributed by atoms with Crippen molar-refractivity contribution in [2.24, 2.45) is 5.73 Å². The highest BCUT2D eigenvalue weighted by Crippen LogP contribution is 2.36. The molecule has 2 rings (SSSR count). The second kappa shape index (κ2) is 8.02. The molecule has 132 valence electrons. The molecule has 0 aliphatic heterocycles. The van der Waals surface area contributed by atoms with Crippen LogP contribution in [0.4, 0.5) is 13.2 Å². The van der Waals surface area contributed by atoms with Crippen molar-refractivity contribution in [1.82, 2.24) is 9.78 Å². The third kappa shape index (κ3) is 5.14. The van der Waals surface area contributed by atoms with Crippen LogP contribution in [0.3, 0.4) is 0 Å². The van der Waals surface area contributed by atoms with E-state index in [0.29, 0.717) is 31.0 Å². The molecule has 1 aromatic carbocycles. The summed E-state index contributed by atoms with van der Waals surface area (Å²) >= 11 is 0. The molecule has 0 atom stereocenters. The first-order chi connectivity index (χ1) is 11.4. The van der Waals surface area contributed by atoms with Crippen LogP contribution in [0.1, 0.15) is 0 Å². The molecule has 0 spiro atoms. The Morgan fingerprint density at radius 3 is 2.71 bits per heavy atom. The molecule has 0 amide bonds. The number of hydrogen-bond donors (Lipinski definition) is 1. The zero-order valence-electron chi connectivity index (χ0n) is 13.0. The predicted molar refractivity (Wildman–Crippen MR) is 80.8 cm³/mol. The zero-order valence-corrected chi connectivity index (χ0v) is 13.0. The number of aromatic nitrogens is 2. The van der Waals surface area contributed by atoms with Crippen molar-refractivity contribution in [2.75, 3.05) is 26.9 Å². The average Bonchev–Trinajstić information content (AvgIpc) is 2.96. The van der Waals surface area contributed by atoms with Crippen LogP contribution in [0.2, 0.25) is 0 Å². The Morgan fingerprint density at radius 1 is 1.25 bits per heavy atom. The quantitative estimate of drug-likeness (QED) is 0.744. The van der Waals surface area contributed by atoms with Crippen LogP contribution in [-0.2, 0) is 11.3 Å². The first-order valence-corrected chi connectivity index (χ1v) is 7.17. The van der Waals surface area contributed by atoms with Crippen molar-refractivity contribution < 1.29 is 27.4 Å². The zero-order chi connectivity index (χ0) is 17.6. The number of methoxy groups -OCH3 is 1. The number of alkyl halides is 3. The Hall–Kier alpha value is -2.26. The van der Waals surface area contributed by atoms with Crippen LogP contribution >= 0.6 is 0 Å². The van der Waals surface area contributed by atoms with Crippen molar-refractivity contribution in [3.8, 4) is 22.6 Å². The minimum atomic E-state index is -4.79. The standard InChI is InChI=1S/C15H18F3N3O3/c1-22-6-7-23-12-2-3-14(24-15(16,17)18)13(8-12)11-9-20-21(10-11)5-4-19/h2-3,8-10H,4-7,19H2,1H3. The molecule has 0 aliphatic rings. The Labute approximate surface area is 136 Å². The SMILES string of the molecule is COCCOc1ccc(OC(F)(F)F)c(-c2cnn(CCN)c2)c1. The molecule has 2 aromatic rings. The van der Waals surface area contributed by atoms with Crippen molar-refractivity contribution >= 4 is 0 Å². The highest BCUT2D eigenvalue weighted by molar-refractivity contribution is 5.71. The molecule has 0 saturated heterocycles. The maximum absolute atomic E-state index is 12.6. The predicted octanol–water partition coefficient (Wildman–Crippen LogP) is 2.43. The summed E-state index contributed by atoms with van der Waals surface area (Å²) in [4.78, 5) is 0. The number of ether oxygens (including phenoxy) is 3. The largest absolute Gasteiger partial charge is 0.573 e. The van der Waals surface area contributed by atoms with Gasteiger partial charge in [0.05, 0.1) is 19.3 Å². The van der Waals surface area contributed by atoms with Crippen molar-refractivity contribution in [3.63, 3.8) is 0 Å². The molecule has 0 saturated carbocycles. The van der Waals surface area contributed by atoms with Gasteiger partial charge in [0.1, 0.15) is 18.1 Å². The Balaban J connectivity index is 2.32. The Kier molecular flexibility index (Phi) is 6.04. The fourth-order valence-corrected chi connectivity index (χ4v) is 2.04. The third-order valence-corrected chi connectivity index (χ3v) is 3.04. The van der Waals surface area contributed by atoms with Gasteiger partial charge in [-0.1, -0.05) is 0 Å². The van der Waals surface area contributed by atoms with Gasteiger partial charge in [-0.25, -0.2) is 0 Å². The van der Waals surface area contributed by atoms with Gasteiger partial charge in [0.25, 0.3) is 0 Å². The van der Waals surface area contributed by atoms with E-state index in [1.807, 2.05) is 0 Å². The molecule has 0 fully saturated rings. The van der Waals surface area contributed by atoms with Gasteiger partial charge >= 0.3 is 6.36 Å². The highest BCUT2D eigenvalue weighted by Gasteiger charge is 2.32. The molecule has 1 heterocycles. The van der Waals surface area contributed by atoms with Gasteiger partial charge in [-0.15, -0.1) is 13.2 Å². The summed E-state index contributed by atoms with van der Waals surface area (Å²) in [6.45, 7) is 1.47. The molecular weight excluding hydrogens is 327 g/mol. The van der Waals surface area contributed by atoms with Gasteiger partial charge in [0.15, 0.2) is 0 Å². The highest BCUT2D eigenvalue weighted by atomic mass is 19.4. The lowest BCUT2D eigenvalue weighted by atomic mass is 10.1. The van der Waals surface area contributed by atoms with Gasteiger partial charge in [-0.3, -0.25) is 4.68 Å². The van der Waals surface area contributed by atoms with E-state index in [1.54, 1.807) is 10.9 Å². The number of nitrogens with two attached hydrogens (primary N) is 1. The van der Waals surface area contributed by atoms with Crippen LogP contribution in [0, 0.1) is 0 Å². The molecule has 9 heteroatoms. The lowest BCUT2D eigenvalue weighted by Gasteiger charge is -2.14. The Bertz CT molecular complexity index is 659. The molecule has 6 nitrogen and oxygen atoms in total. The summed E-state index contributed by atoms with van der Waals surface area (Å²) in [6, 6.07) is 4.09. The number of hydrogen-bond acceptors (Lipinski definition) is 5. The van der Waals surface area contributed by atoms with E-state index in [0.717, 1.165) is 0 Å². The molecule has 0 aliphatic carbocycles. The topological polar surface area (TPSA) is 71.5 Å². The van der Waals surface area contributed by atoms with Crippen LogP contribution in [-0.4, -0.2) is 43.0 Å². The van der Waals surface area contributed by atoms with E-state index < -0.39 is 6.36 Å². The summed E-state index contributed by atoms with van der Waals surface area (Å²) < 4.78 is 53.8. The molecule has 2 N–H and O–H groups in total. The van der Waals surface area contributed by atoms with Gasteiger partial charge in [-0.05, 0) is 18.2 Å². The maximum Gasteiger partial charge on any atom is 0.573 e. The van der Waals surface area contributed by atoms with Crippen LogP contribution < -0.4 is 15.2 Å². The van der Waals surface area contributed by atoms with E-state index in [4.69, 9.17) is 15.2 Å². The van der Waals surface area contributed by atoms with Crippen molar-refractivity contribution in [2.45, 2.75) is 12.9 Å². The summed E-state index contributed by atoms with van der Waals surface area (Å²) in [5.41, 5.74) is 6.15. The van der Waals surface area contributed by atoms with Gasteiger partial charge < -0.3 is 19.9 Å². The third-order valence-electron chi connectivity index (χ3n) is 3.04. The fourth-order valence-electron chi connectivity index (χ4n) is 2.04. The summed E-state index contributed by atoms with van der Waals surface area (Å²) in [5, 5.41) is 4.06. The fraction of sp³-hybridized carbons (Fsp3) is 0.400. The minimum absolute atomic E-state index is 0.227. The van der Waals surface area contributed by atoms with Crippen LogP contribution in [0.15, 0.2) is 30.6 Å². The normalized spacial score (nSPS) is 11.5. The number of rotatable bonds is 8. The second-order valence-corrected chi connectivity index (χ2v) is 4.83. The van der Waals surface area contributed by atoms with Crippen LogP contribution in [0.25, 0.3) is 11.1 Å². The smallest absolute Gasteiger partial charge is 0.491 e. The van der Waals surface area contributed by atoms with Crippen LogP contribution in [0.5, 0.6) is 11.5 Å². The molecule has 1 aromatic heterocycles. The van der Waals surface area contributed by atoms with Gasteiger partial charge in [0, 0.05) is 31.0 Å². The second-order valence-electron chi connectivity index (χ2n) is 4.83. The number of nitrogens with zero attached hydrogens (tertiary/aromatic N) is 2. The lowest BCUT2D eigenvalue weighted by Crippen LogP contribution is -2.17. The maximum atomic E-state index is 12.6. The summed E-state index contributed by atoms with van der Waals surface area (Å²) in [7, 11) is 1.53. The first-order valence-electron chi connectivity index (χ1n) is 7.17. The van der Waals surface area contributed by atoms with Gasteiger partial charge in [-0.2, -0.15) is 5.10 Å². The van der Waals surface area contributed by atoms with E-state index >= 15 is 0 Å². The lowest BCUT2D eigenvalue weighted by molar-refractivity contribution is -0.274. The molecule has 0 bridgehead atoms.